The molecule has 0 aliphatic heterocycles. The summed E-state index contributed by atoms with van der Waals surface area (Å²) in [5, 5.41) is 34.2. The van der Waals surface area contributed by atoms with Crippen LogP contribution in [-0.4, -0.2) is 0 Å². The summed E-state index contributed by atoms with van der Waals surface area (Å²) in [5.74, 6) is 0. The van der Waals surface area contributed by atoms with Crippen LogP contribution in [0.2, 0.25) is 0 Å². The fourth-order valence-corrected chi connectivity index (χ4v) is 2.29. The zero-order valence-electron chi connectivity index (χ0n) is 10.9. The number of rotatable bonds is 1. The van der Waals surface area contributed by atoms with Crippen molar-refractivity contribution in [1.82, 2.24) is 0 Å². The van der Waals surface area contributed by atoms with Crippen molar-refractivity contribution in [3.8, 4) is 17.3 Å². The molecular weight excluding hydrogens is 268 g/mol. The monoisotopic (exact) mass is 278 g/mol. The summed E-state index contributed by atoms with van der Waals surface area (Å²) in [7, 11) is 0. The van der Waals surface area contributed by atoms with Gasteiger partial charge in [0.2, 0.25) is 0 Å². The highest BCUT2D eigenvalue weighted by Gasteiger charge is 2.30. The van der Waals surface area contributed by atoms with Crippen LogP contribution < -0.4 is 15.2 Å². The number of hydrogen-bond donors (Lipinski definition) is 1. The number of fused-ring (bicyclic) bond motifs is 1. The Morgan fingerprint density at radius 1 is 0.905 bits per heavy atom. The largest absolute Gasteiger partial charge is 0.617 e. The molecule has 1 aromatic heterocycles. The first-order chi connectivity index (χ1) is 10.1. The average Bonchev–Trinajstić information content (AvgIpc) is 2.51. The SMILES string of the molecule is N#Cc1c(-c2ccccc2N)[n+]([O-])c2ccccc2[n+]1[O-]. The highest BCUT2D eigenvalue weighted by Crippen LogP contribution is 2.25. The van der Waals surface area contributed by atoms with Crippen molar-refractivity contribution < 1.29 is 9.46 Å². The topological polar surface area (TPSA) is 104 Å². The van der Waals surface area contributed by atoms with Crippen molar-refractivity contribution in [1.29, 1.82) is 5.26 Å². The minimum Gasteiger partial charge on any atom is -0.617 e. The van der Waals surface area contributed by atoms with E-state index in [0.717, 1.165) is 0 Å². The number of nitrogen functional groups attached to an aromatic ring is 1. The van der Waals surface area contributed by atoms with Gasteiger partial charge in [-0.25, -0.2) is 0 Å². The van der Waals surface area contributed by atoms with Crippen LogP contribution in [-0.2, 0) is 0 Å². The van der Waals surface area contributed by atoms with Crippen LogP contribution in [0, 0.1) is 21.7 Å². The van der Waals surface area contributed by atoms with Crippen molar-refractivity contribution in [2.45, 2.75) is 0 Å². The summed E-state index contributed by atoms with van der Waals surface area (Å²) in [4.78, 5) is 0. The van der Waals surface area contributed by atoms with Crippen LogP contribution in [0.25, 0.3) is 22.3 Å². The van der Waals surface area contributed by atoms with E-state index in [-0.39, 0.29) is 22.4 Å². The number of hydrogen-bond acceptors (Lipinski definition) is 4. The second kappa shape index (κ2) is 4.65. The molecule has 102 valence electrons. The van der Waals surface area contributed by atoms with Crippen LogP contribution in [0.5, 0.6) is 0 Å². The fraction of sp³-hybridized carbons (Fsp3) is 0. The third-order valence-corrected chi connectivity index (χ3v) is 3.27. The maximum Gasteiger partial charge on any atom is 0.369 e. The molecule has 0 aliphatic rings. The second-order valence-corrected chi connectivity index (χ2v) is 4.47. The molecule has 0 fully saturated rings. The van der Waals surface area contributed by atoms with Crippen LogP contribution in [0.15, 0.2) is 48.5 Å². The lowest BCUT2D eigenvalue weighted by Crippen LogP contribution is -2.43. The van der Waals surface area contributed by atoms with Gasteiger partial charge in [0.15, 0.2) is 6.07 Å². The predicted octanol–water partition coefficient (Wildman–Crippen LogP) is 1.23. The van der Waals surface area contributed by atoms with Gasteiger partial charge in [-0.1, -0.05) is 24.3 Å². The van der Waals surface area contributed by atoms with E-state index < -0.39 is 0 Å². The van der Waals surface area contributed by atoms with E-state index in [1.807, 2.05) is 0 Å². The molecule has 2 N–H and O–H groups in total. The van der Waals surface area contributed by atoms with Gasteiger partial charge in [0.1, 0.15) is 0 Å². The molecule has 3 rings (SSSR count). The fourth-order valence-electron chi connectivity index (χ4n) is 2.29. The normalized spacial score (nSPS) is 10.4. The Bertz CT molecular complexity index is 900. The Kier molecular flexibility index (Phi) is 2.81. The molecule has 0 amide bonds. The van der Waals surface area contributed by atoms with E-state index in [1.165, 1.54) is 12.1 Å². The van der Waals surface area contributed by atoms with Gasteiger partial charge in [-0.2, -0.15) is 9.99 Å². The lowest BCUT2D eigenvalue weighted by Gasteiger charge is -2.11. The first kappa shape index (κ1) is 12.7. The zero-order valence-corrected chi connectivity index (χ0v) is 10.9. The molecular formula is C15H10N4O2. The quantitative estimate of drug-likeness (QED) is 0.410. The van der Waals surface area contributed by atoms with Gasteiger partial charge >= 0.3 is 11.4 Å². The van der Waals surface area contributed by atoms with E-state index in [9.17, 15) is 15.7 Å². The van der Waals surface area contributed by atoms with Crippen LogP contribution >= 0.6 is 0 Å². The zero-order chi connectivity index (χ0) is 15.0. The molecule has 0 atom stereocenters. The number of nitrogens with zero attached hydrogens (tertiary/aromatic N) is 3. The molecule has 0 bridgehead atoms. The summed E-state index contributed by atoms with van der Waals surface area (Å²) in [5.41, 5.74) is 6.57. The van der Waals surface area contributed by atoms with Gasteiger partial charge in [0, 0.05) is 17.8 Å². The summed E-state index contributed by atoms with van der Waals surface area (Å²) >= 11 is 0. The van der Waals surface area contributed by atoms with Crippen molar-refractivity contribution in [3.63, 3.8) is 0 Å². The molecule has 0 spiro atoms. The lowest BCUT2D eigenvalue weighted by atomic mass is 10.1. The lowest BCUT2D eigenvalue weighted by molar-refractivity contribution is -0.622. The number of para-hydroxylation sites is 3. The molecule has 0 saturated carbocycles. The minimum absolute atomic E-state index is 0.0377. The van der Waals surface area contributed by atoms with E-state index in [2.05, 4.69) is 0 Å². The van der Waals surface area contributed by atoms with E-state index in [4.69, 9.17) is 5.73 Å². The van der Waals surface area contributed by atoms with Crippen LogP contribution in [0.1, 0.15) is 5.69 Å². The second-order valence-electron chi connectivity index (χ2n) is 4.47. The molecule has 0 aliphatic carbocycles. The molecule has 1 heterocycles. The van der Waals surface area contributed by atoms with Crippen molar-refractivity contribution in [3.05, 3.63) is 64.6 Å². The van der Waals surface area contributed by atoms with E-state index in [0.29, 0.717) is 20.7 Å². The van der Waals surface area contributed by atoms with Gasteiger partial charge in [0.05, 0.1) is 5.56 Å². The Balaban J connectivity index is 2.52. The smallest absolute Gasteiger partial charge is 0.369 e. The van der Waals surface area contributed by atoms with Crippen LogP contribution in [0.4, 0.5) is 5.69 Å². The highest BCUT2D eigenvalue weighted by atomic mass is 16.5. The number of anilines is 1. The molecule has 0 radical (unpaired) electrons. The van der Waals surface area contributed by atoms with E-state index in [1.54, 1.807) is 42.5 Å². The van der Waals surface area contributed by atoms with Crippen molar-refractivity contribution in [2.24, 2.45) is 0 Å². The Labute approximate surface area is 120 Å². The van der Waals surface area contributed by atoms with Gasteiger partial charge in [-0.05, 0) is 12.1 Å². The first-order valence-electron chi connectivity index (χ1n) is 6.18. The van der Waals surface area contributed by atoms with Crippen molar-refractivity contribution >= 4 is 16.7 Å². The molecule has 0 saturated heterocycles. The third-order valence-electron chi connectivity index (χ3n) is 3.27. The summed E-state index contributed by atoms with van der Waals surface area (Å²) in [6.07, 6.45) is 0. The van der Waals surface area contributed by atoms with Crippen molar-refractivity contribution in [2.75, 3.05) is 5.73 Å². The first-order valence-corrected chi connectivity index (χ1v) is 6.18. The van der Waals surface area contributed by atoms with Crippen LogP contribution in [0.3, 0.4) is 0 Å². The Morgan fingerprint density at radius 3 is 2.10 bits per heavy atom. The Hall–Kier alpha value is -3.33. The van der Waals surface area contributed by atoms with E-state index >= 15 is 0 Å². The highest BCUT2D eigenvalue weighted by molar-refractivity contribution is 5.77. The predicted molar refractivity (Wildman–Crippen MR) is 76.4 cm³/mol. The minimum atomic E-state index is -0.276. The number of nitrogens with two attached hydrogens (primary N) is 1. The number of aromatic nitrogens is 2. The standard InChI is InChI=1S/C15H10N4O2/c16-9-14-15(10-5-1-2-6-11(10)17)19(21)13-8-4-3-7-12(13)18(14)20/h1-8H,17H2. The Morgan fingerprint density at radius 2 is 1.48 bits per heavy atom. The van der Waals surface area contributed by atoms with Gasteiger partial charge in [-0.15, -0.1) is 4.73 Å². The summed E-state index contributed by atoms with van der Waals surface area (Å²) in [6, 6.07) is 14.7. The van der Waals surface area contributed by atoms with Gasteiger partial charge in [-0.3, -0.25) is 0 Å². The molecule has 6 heteroatoms. The summed E-state index contributed by atoms with van der Waals surface area (Å²) in [6.45, 7) is 0. The average molecular weight is 278 g/mol. The molecule has 2 aromatic carbocycles. The molecule has 3 aromatic rings. The molecule has 0 unspecified atom stereocenters. The molecule has 6 nitrogen and oxygen atoms in total. The van der Waals surface area contributed by atoms with Gasteiger partial charge < -0.3 is 16.1 Å². The maximum atomic E-state index is 12.6. The summed E-state index contributed by atoms with van der Waals surface area (Å²) < 4.78 is 1.04. The third kappa shape index (κ3) is 1.80. The molecule has 21 heavy (non-hydrogen) atoms. The number of nitriles is 1. The van der Waals surface area contributed by atoms with Gasteiger partial charge in [0.25, 0.3) is 11.0 Å². The number of benzene rings is 2. The maximum absolute atomic E-state index is 12.6.